The van der Waals surface area contributed by atoms with Crippen molar-refractivity contribution in [3.8, 4) is 0 Å². The van der Waals surface area contributed by atoms with Gasteiger partial charge in [-0.05, 0) is 12.1 Å². The number of hydrogen-bond acceptors (Lipinski definition) is 3. The highest BCUT2D eigenvalue weighted by Crippen LogP contribution is 2.26. The summed E-state index contributed by atoms with van der Waals surface area (Å²) in [4.78, 5) is 23.3. The van der Waals surface area contributed by atoms with Crippen molar-refractivity contribution in [1.82, 2.24) is 14.3 Å². The predicted octanol–water partition coefficient (Wildman–Crippen LogP) is 1.52. The second-order valence-electron chi connectivity index (χ2n) is 4.49. The standard InChI is InChI=1S/C12H9F5N4O2/c1-20-10(12(15,16)17)19-21(11(20)23)5-9(22)18-8-3-2-6(13)4-7(8)14/h2-4H,5H2,1H3,(H,18,22). The number of carbonyl (C=O) groups excluding carboxylic acids is 1. The normalized spacial score (nSPS) is 11.6. The minimum Gasteiger partial charge on any atom is -0.322 e. The van der Waals surface area contributed by atoms with E-state index in [2.05, 4.69) is 5.10 Å². The zero-order valence-electron chi connectivity index (χ0n) is 11.5. The highest BCUT2D eigenvalue weighted by molar-refractivity contribution is 5.90. The molecule has 0 radical (unpaired) electrons. The lowest BCUT2D eigenvalue weighted by Gasteiger charge is -2.06. The summed E-state index contributed by atoms with van der Waals surface area (Å²) in [5.74, 6) is -4.40. The number of nitrogens with one attached hydrogen (secondary N) is 1. The molecule has 0 aliphatic heterocycles. The minimum atomic E-state index is -4.86. The summed E-state index contributed by atoms with van der Waals surface area (Å²) in [5, 5.41) is 5.04. The maximum absolute atomic E-state index is 13.4. The van der Waals surface area contributed by atoms with E-state index in [0.29, 0.717) is 10.7 Å². The number of amides is 1. The van der Waals surface area contributed by atoms with Crippen LogP contribution in [-0.2, 0) is 24.6 Å². The molecule has 0 aliphatic carbocycles. The summed E-state index contributed by atoms with van der Waals surface area (Å²) in [7, 11) is 0.853. The monoisotopic (exact) mass is 336 g/mol. The molecule has 11 heteroatoms. The van der Waals surface area contributed by atoms with Gasteiger partial charge in [-0.1, -0.05) is 0 Å². The average Bonchev–Trinajstić information content (AvgIpc) is 2.70. The molecule has 0 spiro atoms. The molecule has 23 heavy (non-hydrogen) atoms. The van der Waals surface area contributed by atoms with Crippen LogP contribution in [0, 0.1) is 11.6 Å². The molecule has 1 N–H and O–H groups in total. The van der Waals surface area contributed by atoms with Gasteiger partial charge in [0, 0.05) is 13.1 Å². The molecule has 0 fully saturated rings. The van der Waals surface area contributed by atoms with Crippen LogP contribution in [0.3, 0.4) is 0 Å². The number of aromatic nitrogens is 3. The first kappa shape index (κ1) is 16.6. The lowest BCUT2D eigenvalue weighted by atomic mass is 10.3. The first-order valence-electron chi connectivity index (χ1n) is 6.05. The molecule has 2 aromatic rings. The van der Waals surface area contributed by atoms with Crippen LogP contribution in [0.1, 0.15) is 5.82 Å². The SMILES string of the molecule is Cn1c(C(F)(F)F)nn(CC(=O)Nc2ccc(F)cc2F)c1=O. The van der Waals surface area contributed by atoms with Crippen molar-refractivity contribution in [3.05, 3.63) is 46.1 Å². The quantitative estimate of drug-likeness (QED) is 0.864. The van der Waals surface area contributed by atoms with E-state index in [0.717, 1.165) is 19.2 Å². The number of hydrogen-bond donors (Lipinski definition) is 1. The Morgan fingerprint density at radius 2 is 1.96 bits per heavy atom. The fourth-order valence-corrected chi connectivity index (χ4v) is 1.75. The average molecular weight is 336 g/mol. The molecule has 0 saturated carbocycles. The first-order chi connectivity index (χ1) is 10.6. The third kappa shape index (κ3) is 3.55. The Kier molecular flexibility index (Phi) is 4.21. The molecule has 0 aliphatic rings. The van der Waals surface area contributed by atoms with Crippen molar-refractivity contribution in [2.24, 2.45) is 7.05 Å². The van der Waals surface area contributed by atoms with Gasteiger partial charge in [0.05, 0.1) is 5.69 Å². The number of nitrogens with zero attached hydrogens (tertiary/aromatic N) is 3. The number of halogens is 5. The largest absolute Gasteiger partial charge is 0.451 e. The van der Waals surface area contributed by atoms with Crippen molar-refractivity contribution in [2.75, 3.05) is 5.32 Å². The summed E-state index contributed by atoms with van der Waals surface area (Å²) < 4.78 is 64.4. The maximum Gasteiger partial charge on any atom is 0.451 e. The number of alkyl halides is 3. The van der Waals surface area contributed by atoms with Gasteiger partial charge in [0.1, 0.15) is 18.2 Å². The van der Waals surface area contributed by atoms with E-state index < -0.39 is 41.8 Å². The van der Waals surface area contributed by atoms with E-state index in [1.165, 1.54) is 0 Å². The number of rotatable bonds is 3. The highest BCUT2D eigenvalue weighted by atomic mass is 19.4. The van der Waals surface area contributed by atoms with Crippen molar-refractivity contribution >= 4 is 11.6 Å². The summed E-state index contributed by atoms with van der Waals surface area (Å²) in [6.07, 6.45) is -4.86. The Hall–Kier alpha value is -2.72. The molecule has 1 aromatic heterocycles. The topological polar surface area (TPSA) is 68.9 Å². The van der Waals surface area contributed by atoms with Gasteiger partial charge in [-0.25, -0.2) is 18.3 Å². The first-order valence-corrected chi connectivity index (χ1v) is 6.05. The summed E-state index contributed by atoms with van der Waals surface area (Å²) in [5.41, 5.74) is -1.54. The van der Waals surface area contributed by atoms with Crippen molar-refractivity contribution in [3.63, 3.8) is 0 Å². The van der Waals surface area contributed by atoms with Gasteiger partial charge >= 0.3 is 11.9 Å². The number of benzene rings is 1. The van der Waals surface area contributed by atoms with Crippen LogP contribution in [0.15, 0.2) is 23.0 Å². The zero-order chi connectivity index (χ0) is 17.4. The molecule has 0 saturated heterocycles. The van der Waals surface area contributed by atoms with Crippen LogP contribution in [0.25, 0.3) is 0 Å². The lowest BCUT2D eigenvalue weighted by Crippen LogP contribution is -2.29. The minimum absolute atomic E-state index is 0.242. The third-order valence-corrected chi connectivity index (χ3v) is 2.79. The van der Waals surface area contributed by atoms with Crippen LogP contribution in [0.4, 0.5) is 27.6 Å². The Labute approximate surface area is 125 Å². The molecular formula is C12H9F5N4O2. The van der Waals surface area contributed by atoms with E-state index in [9.17, 15) is 31.5 Å². The number of carbonyl (C=O) groups is 1. The van der Waals surface area contributed by atoms with Gasteiger partial charge in [-0.2, -0.15) is 13.2 Å². The van der Waals surface area contributed by atoms with Gasteiger partial charge in [0.2, 0.25) is 11.7 Å². The van der Waals surface area contributed by atoms with Crippen molar-refractivity contribution in [2.45, 2.75) is 12.7 Å². The summed E-state index contributed by atoms with van der Waals surface area (Å²) in [6.45, 7) is -0.862. The highest BCUT2D eigenvalue weighted by Gasteiger charge is 2.38. The Bertz CT molecular complexity index is 809. The van der Waals surface area contributed by atoms with Crippen molar-refractivity contribution < 1.29 is 26.7 Å². The molecular weight excluding hydrogens is 327 g/mol. The smallest absolute Gasteiger partial charge is 0.322 e. The molecule has 1 heterocycles. The molecule has 124 valence electrons. The molecule has 0 bridgehead atoms. The maximum atomic E-state index is 13.4. The molecule has 2 rings (SSSR count). The molecule has 6 nitrogen and oxygen atoms in total. The Balaban J connectivity index is 2.19. The van der Waals surface area contributed by atoms with Crippen LogP contribution >= 0.6 is 0 Å². The number of anilines is 1. The fourth-order valence-electron chi connectivity index (χ4n) is 1.75. The van der Waals surface area contributed by atoms with Crippen LogP contribution in [0.2, 0.25) is 0 Å². The van der Waals surface area contributed by atoms with Crippen LogP contribution in [-0.4, -0.2) is 20.3 Å². The van der Waals surface area contributed by atoms with Crippen molar-refractivity contribution in [1.29, 1.82) is 0 Å². The van der Waals surface area contributed by atoms with E-state index >= 15 is 0 Å². The molecule has 1 amide bonds. The van der Waals surface area contributed by atoms with Gasteiger partial charge in [-0.3, -0.25) is 9.36 Å². The summed E-state index contributed by atoms with van der Waals surface area (Å²) in [6, 6.07) is 2.34. The molecule has 0 atom stereocenters. The Morgan fingerprint density at radius 1 is 1.30 bits per heavy atom. The van der Waals surface area contributed by atoms with E-state index in [-0.39, 0.29) is 10.3 Å². The van der Waals surface area contributed by atoms with E-state index in [4.69, 9.17) is 0 Å². The summed E-state index contributed by atoms with van der Waals surface area (Å²) >= 11 is 0. The second kappa shape index (κ2) is 5.82. The third-order valence-electron chi connectivity index (χ3n) is 2.79. The van der Waals surface area contributed by atoms with Gasteiger partial charge in [-0.15, -0.1) is 5.10 Å². The molecule has 1 aromatic carbocycles. The van der Waals surface area contributed by atoms with Gasteiger partial charge in [0.15, 0.2) is 0 Å². The molecule has 0 unspecified atom stereocenters. The van der Waals surface area contributed by atoms with E-state index in [1.54, 1.807) is 0 Å². The zero-order valence-corrected chi connectivity index (χ0v) is 11.5. The van der Waals surface area contributed by atoms with Crippen LogP contribution < -0.4 is 11.0 Å². The second-order valence-corrected chi connectivity index (χ2v) is 4.49. The fraction of sp³-hybridized carbons (Fsp3) is 0.250. The van der Waals surface area contributed by atoms with Gasteiger partial charge < -0.3 is 5.32 Å². The van der Waals surface area contributed by atoms with E-state index in [1.807, 2.05) is 5.32 Å². The lowest BCUT2D eigenvalue weighted by molar-refractivity contribution is -0.147. The van der Waals surface area contributed by atoms with Gasteiger partial charge in [0.25, 0.3) is 0 Å². The Morgan fingerprint density at radius 3 is 2.48 bits per heavy atom. The van der Waals surface area contributed by atoms with Crippen LogP contribution in [0.5, 0.6) is 0 Å². The predicted molar refractivity (Wildman–Crippen MR) is 67.5 cm³/mol.